The lowest BCUT2D eigenvalue weighted by atomic mass is 10.3. The highest BCUT2D eigenvalue weighted by Gasteiger charge is 2.09. The smallest absolute Gasteiger partial charge is 0.348 e. The van der Waals surface area contributed by atoms with Crippen molar-refractivity contribution in [3.8, 4) is 0 Å². The molecule has 2 rings (SSSR count). The topological polar surface area (TPSA) is 75.9 Å². The van der Waals surface area contributed by atoms with E-state index in [2.05, 4.69) is 20.3 Å². The number of aryl methyl sites for hydroxylation is 2. The van der Waals surface area contributed by atoms with Crippen LogP contribution in [0, 0.1) is 19.7 Å². The Morgan fingerprint density at radius 1 is 1.32 bits per heavy atom. The van der Waals surface area contributed by atoms with Crippen LogP contribution in [-0.4, -0.2) is 40.2 Å². The van der Waals surface area contributed by atoms with Gasteiger partial charge in [-0.25, -0.2) is 14.2 Å². The van der Waals surface area contributed by atoms with Gasteiger partial charge in [0.1, 0.15) is 0 Å². The first-order valence-electron chi connectivity index (χ1n) is 6.87. The van der Waals surface area contributed by atoms with Gasteiger partial charge in [0, 0.05) is 38.6 Å². The summed E-state index contributed by atoms with van der Waals surface area (Å²) >= 11 is 0. The zero-order valence-electron chi connectivity index (χ0n) is 13.1. The molecular formula is C14H19FN6O. The highest BCUT2D eigenvalue weighted by atomic mass is 19.1. The van der Waals surface area contributed by atoms with Crippen molar-refractivity contribution in [3.05, 3.63) is 40.0 Å². The monoisotopic (exact) mass is 306 g/mol. The van der Waals surface area contributed by atoms with Crippen molar-refractivity contribution >= 4 is 11.8 Å². The number of hydrogen-bond donors (Lipinski definition) is 1. The molecule has 0 radical (unpaired) electrons. The molecule has 0 unspecified atom stereocenters. The quantitative estimate of drug-likeness (QED) is 0.887. The second-order valence-corrected chi connectivity index (χ2v) is 5.16. The largest absolute Gasteiger partial charge is 0.360 e. The number of nitrogens with zero attached hydrogens (tertiary/aromatic N) is 5. The summed E-state index contributed by atoms with van der Waals surface area (Å²) in [4.78, 5) is 25.3. The molecule has 2 aromatic heterocycles. The van der Waals surface area contributed by atoms with Gasteiger partial charge in [-0.15, -0.1) is 0 Å². The van der Waals surface area contributed by atoms with Crippen LogP contribution < -0.4 is 15.9 Å². The van der Waals surface area contributed by atoms with Crippen LogP contribution in [0.5, 0.6) is 0 Å². The summed E-state index contributed by atoms with van der Waals surface area (Å²) in [6, 6.07) is 1.85. The lowest BCUT2D eigenvalue weighted by Crippen LogP contribution is -2.28. The summed E-state index contributed by atoms with van der Waals surface area (Å²) in [7, 11) is 3.41. The molecule has 0 aliphatic rings. The van der Waals surface area contributed by atoms with Gasteiger partial charge in [-0.2, -0.15) is 9.97 Å². The Bertz CT molecular complexity index is 728. The Morgan fingerprint density at radius 2 is 2.05 bits per heavy atom. The summed E-state index contributed by atoms with van der Waals surface area (Å²) in [6.07, 6.45) is 1.12. The van der Waals surface area contributed by atoms with Crippen molar-refractivity contribution in [2.45, 2.75) is 20.4 Å². The minimum atomic E-state index is -0.481. The molecule has 0 aromatic carbocycles. The molecule has 0 bridgehead atoms. The minimum Gasteiger partial charge on any atom is -0.360 e. The summed E-state index contributed by atoms with van der Waals surface area (Å²) in [5.74, 6) is 0.0454. The zero-order valence-corrected chi connectivity index (χ0v) is 13.1. The van der Waals surface area contributed by atoms with E-state index in [-0.39, 0.29) is 11.5 Å². The molecular weight excluding hydrogens is 287 g/mol. The fourth-order valence-corrected chi connectivity index (χ4v) is 2.08. The molecule has 0 atom stereocenters. The van der Waals surface area contributed by atoms with Crippen molar-refractivity contribution in [1.29, 1.82) is 0 Å². The summed E-state index contributed by atoms with van der Waals surface area (Å²) < 4.78 is 15.1. The highest BCUT2D eigenvalue weighted by Crippen LogP contribution is 2.14. The second-order valence-electron chi connectivity index (χ2n) is 5.16. The van der Waals surface area contributed by atoms with Gasteiger partial charge in [-0.1, -0.05) is 0 Å². The summed E-state index contributed by atoms with van der Waals surface area (Å²) in [6.45, 7) is 4.50. The molecule has 0 aliphatic carbocycles. The summed E-state index contributed by atoms with van der Waals surface area (Å²) in [5, 5.41) is 2.98. The van der Waals surface area contributed by atoms with Gasteiger partial charge < -0.3 is 10.2 Å². The molecule has 0 saturated carbocycles. The third-order valence-corrected chi connectivity index (χ3v) is 3.11. The number of halogens is 1. The van der Waals surface area contributed by atoms with Crippen molar-refractivity contribution < 1.29 is 4.39 Å². The van der Waals surface area contributed by atoms with Gasteiger partial charge in [0.2, 0.25) is 5.95 Å². The molecule has 0 saturated heterocycles. The van der Waals surface area contributed by atoms with E-state index in [0.717, 1.165) is 11.9 Å². The Kier molecular flexibility index (Phi) is 4.69. The van der Waals surface area contributed by atoms with Gasteiger partial charge in [0.15, 0.2) is 11.6 Å². The molecule has 8 heteroatoms. The van der Waals surface area contributed by atoms with E-state index in [0.29, 0.717) is 24.7 Å². The molecule has 0 aliphatic heterocycles. The predicted octanol–water partition coefficient (Wildman–Crippen LogP) is 0.967. The van der Waals surface area contributed by atoms with Crippen LogP contribution >= 0.6 is 0 Å². The van der Waals surface area contributed by atoms with Gasteiger partial charge in [0.05, 0.1) is 6.20 Å². The fourth-order valence-electron chi connectivity index (χ4n) is 2.08. The van der Waals surface area contributed by atoms with E-state index in [4.69, 9.17) is 0 Å². The highest BCUT2D eigenvalue weighted by molar-refractivity contribution is 5.42. The van der Waals surface area contributed by atoms with Crippen LogP contribution in [0.15, 0.2) is 17.1 Å². The molecule has 0 amide bonds. The number of aromatic nitrogens is 4. The fraction of sp³-hybridized carbons (Fsp3) is 0.429. The van der Waals surface area contributed by atoms with E-state index in [1.165, 1.54) is 0 Å². The van der Waals surface area contributed by atoms with Crippen LogP contribution in [0.1, 0.15) is 11.4 Å². The number of nitrogens with one attached hydrogen (secondary N) is 1. The first-order chi connectivity index (χ1) is 10.4. The standard InChI is InChI=1S/C14H19FN6O/c1-9-7-10(2)21(14(22)18-9)6-5-16-13-17-8-11(15)12(19-13)20(3)4/h7-8H,5-6H2,1-4H3,(H,16,17,19). The lowest BCUT2D eigenvalue weighted by Gasteiger charge is -2.14. The normalized spacial score (nSPS) is 10.6. The third-order valence-electron chi connectivity index (χ3n) is 3.11. The number of hydrogen-bond acceptors (Lipinski definition) is 6. The van der Waals surface area contributed by atoms with E-state index < -0.39 is 5.82 Å². The van der Waals surface area contributed by atoms with Crippen LogP contribution in [0.3, 0.4) is 0 Å². The van der Waals surface area contributed by atoms with E-state index in [9.17, 15) is 9.18 Å². The van der Waals surface area contributed by atoms with Crippen molar-refractivity contribution in [2.75, 3.05) is 30.9 Å². The van der Waals surface area contributed by atoms with E-state index in [1.54, 1.807) is 30.5 Å². The Labute approximate surface area is 127 Å². The van der Waals surface area contributed by atoms with Crippen molar-refractivity contribution in [2.24, 2.45) is 0 Å². The van der Waals surface area contributed by atoms with Crippen LogP contribution in [0.4, 0.5) is 16.2 Å². The van der Waals surface area contributed by atoms with Crippen molar-refractivity contribution in [1.82, 2.24) is 19.5 Å². The molecule has 0 fully saturated rings. The Hall–Kier alpha value is -2.51. The predicted molar refractivity (Wildman–Crippen MR) is 82.8 cm³/mol. The van der Waals surface area contributed by atoms with E-state index in [1.807, 2.05) is 13.0 Å². The van der Waals surface area contributed by atoms with Gasteiger partial charge in [-0.05, 0) is 19.9 Å². The van der Waals surface area contributed by atoms with Crippen LogP contribution in [0.2, 0.25) is 0 Å². The number of anilines is 2. The molecule has 2 heterocycles. The Morgan fingerprint density at radius 3 is 2.68 bits per heavy atom. The average molecular weight is 306 g/mol. The minimum absolute atomic E-state index is 0.211. The maximum atomic E-state index is 13.5. The molecule has 2 aromatic rings. The van der Waals surface area contributed by atoms with E-state index >= 15 is 0 Å². The molecule has 7 nitrogen and oxygen atoms in total. The second kappa shape index (κ2) is 6.50. The average Bonchev–Trinajstić information content (AvgIpc) is 2.43. The maximum Gasteiger partial charge on any atom is 0.348 e. The van der Waals surface area contributed by atoms with Crippen LogP contribution in [-0.2, 0) is 6.54 Å². The maximum absolute atomic E-state index is 13.5. The lowest BCUT2D eigenvalue weighted by molar-refractivity contribution is 0.610. The van der Waals surface area contributed by atoms with Crippen LogP contribution in [0.25, 0.3) is 0 Å². The third kappa shape index (κ3) is 3.57. The van der Waals surface area contributed by atoms with Gasteiger partial charge in [-0.3, -0.25) is 4.57 Å². The molecule has 0 spiro atoms. The summed E-state index contributed by atoms with van der Waals surface area (Å²) in [5.41, 5.74) is 1.26. The Balaban J connectivity index is 2.06. The molecule has 22 heavy (non-hydrogen) atoms. The molecule has 1 N–H and O–H groups in total. The zero-order chi connectivity index (χ0) is 16.3. The first-order valence-corrected chi connectivity index (χ1v) is 6.87. The molecule has 118 valence electrons. The SMILES string of the molecule is Cc1cc(C)n(CCNc2ncc(F)c(N(C)C)n2)c(=O)n1. The van der Waals surface area contributed by atoms with Crippen molar-refractivity contribution in [3.63, 3.8) is 0 Å². The first kappa shape index (κ1) is 15.9. The number of rotatable bonds is 5. The van der Waals surface area contributed by atoms with Gasteiger partial charge >= 0.3 is 5.69 Å². The van der Waals surface area contributed by atoms with Gasteiger partial charge in [0.25, 0.3) is 0 Å².